The number of anilines is 1. The number of rotatable bonds is 4. The zero-order valence-electron chi connectivity index (χ0n) is 16.6. The number of benzene rings is 1. The molecule has 2 N–H and O–H groups in total. The quantitative estimate of drug-likeness (QED) is 0.554. The summed E-state index contributed by atoms with van der Waals surface area (Å²) in [5, 5.41) is 9.97. The van der Waals surface area contributed by atoms with Crippen molar-refractivity contribution in [1.82, 2.24) is 29.4 Å². The van der Waals surface area contributed by atoms with Crippen LogP contribution < -0.4 is 10.9 Å². The second-order valence-corrected chi connectivity index (χ2v) is 7.06. The van der Waals surface area contributed by atoms with Crippen LogP contribution >= 0.6 is 0 Å². The predicted octanol–water partition coefficient (Wildman–Crippen LogP) is 2.15. The van der Waals surface area contributed by atoms with Crippen molar-refractivity contribution < 1.29 is 4.79 Å². The van der Waals surface area contributed by atoms with E-state index in [2.05, 4.69) is 25.5 Å². The molecular formula is C20H21N7O2. The standard InChI is InChI=1S/C20H21N7O2/c1-11-8-12(2)26(24-11)10-15-6-5-7-16(9-15)18(28)23-17-13(3)21-20-22-14(4)25-27(20)19(17)29/h5-9H,10H2,1-4H3,(H,23,28)(H,21,22,25). The maximum Gasteiger partial charge on any atom is 0.298 e. The van der Waals surface area contributed by atoms with E-state index in [1.54, 1.807) is 26.0 Å². The van der Waals surface area contributed by atoms with Crippen LogP contribution in [-0.4, -0.2) is 35.3 Å². The predicted molar refractivity (Wildman–Crippen MR) is 108 cm³/mol. The number of aryl methyl sites for hydroxylation is 4. The van der Waals surface area contributed by atoms with Gasteiger partial charge in [-0.15, -0.1) is 0 Å². The van der Waals surface area contributed by atoms with E-state index in [1.807, 2.05) is 36.7 Å². The molecule has 0 aliphatic carbocycles. The number of hydrogen-bond acceptors (Lipinski definition) is 5. The fraction of sp³-hybridized carbons (Fsp3) is 0.250. The summed E-state index contributed by atoms with van der Waals surface area (Å²) < 4.78 is 3.11. The first-order chi connectivity index (χ1) is 13.8. The molecule has 1 amide bonds. The molecule has 9 nitrogen and oxygen atoms in total. The summed E-state index contributed by atoms with van der Waals surface area (Å²) >= 11 is 0. The minimum Gasteiger partial charge on any atom is -0.316 e. The van der Waals surface area contributed by atoms with Crippen LogP contribution in [0, 0.1) is 27.7 Å². The molecule has 4 rings (SSSR count). The molecule has 3 heterocycles. The molecule has 0 atom stereocenters. The summed E-state index contributed by atoms with van der Waals surface area (Å²) in [6.45, 7) is 7.90. The number of hydrogen-bond donors (Lipinski definition) is 2. The monoisotopic (exact) mass is 391 g/mol. The molecule has 0 unspecified atom stereocenters. The summed E-state index contributed by atoms with van der Waals surface area (Å²) in [5.74, 6) is 0.461. The molecule has 0 saturated carbocycles. The van der Waals surface area contributed by atoms with E-state index in [1.165, 1.54) is 4.52 Å². The Morgan fingerprint density at radius 1 is 1.14 bits per heavy atom. The van der Waals surface area contributed by atoms with Gasteiger partial charge in [0.25, 0.3) is 17.2 Å². The van der Waals surface area contributed by atoms with Gasteiger partial charge in [0.1, 0.15) is 11.5 Å². The lowest BCUT2D eigenvalue weighted by Crippen LogP contribution is -2.25. The van der Waals surface area contributed by atoms with Gasteiger partial charge in [0.15, 0.2) is 0 Å². The first-order valence-electron chi connectivity index (χ1n) is 9.19. The van der Waals surface area contributed by atoms with Crippen LogP contribution in [0.15, 0.2) is 35.1 Å². The van der Waals surface area contributed by atoms with E-state index in [0.717, 1.165) is 17.0 Å². The highest BCUT2D eigenvalue weighted by Gasteiger charge is 2.16. The van der Waals surface area contributed by atoms with Crippen molar-refractivity contribution >= 4 is 17.4 Å². The summed E-state index contributed by atoms with van der Waals surface area (Å²) in [4.78, 5) is 33.9. The topological polar surface area (TPSA) is 110 Å². The van der Waals surface area contributed by atoms with Gasteiger partial charge in [-0.2, -0.15) is 14.6 Å². The number of aromatic amines is 1. The Kier molecular flexibility index (Phi) is 4.50. The van der Waals surface area contributed by atoms with Crippen LogP contribution in [0.2, 0.25) is 0 Å². The number of nitrogens with zero attached hydrogens (tertiary/aromatic N) is 5. The van der Waals surface area contributed by atoms with Gasteiger partial charge in [0.2, 0.25) is 0 Å². The lowest BCUT2D eigenvalue weighted by molar-refractivity contribution is 0.102. The van der Waals surface area contributed by atoms with Crippen LogP contribution in [0.3, 0.4) is 0 Å². The van der Waals surface area contributed by atoms with Gasteiger partial charge in [0.05, 0.1) is 17.9 Å². The number of carbonyl (C=O) groups excluding carboxylic acids is 1. The fourth-order valence-corrected chi connectivity index (χ4v) is 3.27. The number of nitrogens with one attached hydrogen (secondary N) is 2. The molecule has 3 aromatic heterocycles. The lowest BCUT2D eigenvalue weighted by Gasteiger charge is -2.09. The largest absolute Gasteiger partial charge is 0.316 e. The van der Waals surface area contributed by atoms with E-state index in [9.17, 15) is 9.59 Å². The average Bonchev–Trinajstić information content (AvgIpc) is 3.19. The molecule has 4 aromatic rings. The van der Waals surface area contributed by atoms with Crippen LogP contribution in [-0.2, 0) is 6.54 Å². The Morgan fingerprint density at radius 2 is 1.93 bits per heavy atom. The van der Waals surface area contributed by atoms with Gasteiger partial charge >= 0.3 is 0 Å². The minimum absolute atomic E-state index is 0.125. The third kappa shape index (κ3) is 3.54. The molecule has 0 radical (unpaired) electrons. The lowest BCUT2D eigenvalue weighted by atomic mass is 10.1. The summed E-state index contributed by atoms with van der Waals surface area (Å²) in [6, 6.07) is 9.27. The third-order valence-electron chi connectivity index (χ3n) is 4.65. The Hall–Kier alpha value is -3.75. The highest BCUT2D eigenvalue weighted by Crippen LogP contribution is 2.13. The Bertz CT molecular complexity index is 1300. The molecule has 148 valence electrons. The van der Waals surface area contributed by atoms with Crippen molar-refractivity contribution in [3.8, 4) is 0 Å². The van der Waals surface area contributed by atoms with Crippen LogP contribution in [0.5, 0.6) is 0 Å². The smallest absolute Gasteiger partial charge is 0.298 e. The van der Waals surface area contributed by atoms with Gasteiger partial charge in [-0.1, -0.05) is 12.1 Å². The molecule has 0 aliphatic heterocycles. The first-order valence-corrected chi connectivity index (χ1v) is 9.19. The molecule has 0 aliphatic rings. The first kappa shape index (κ1) is 18.6. The van der Waals surface area contributed by atoms with Crippen LogP contribution in [0.1, 0.15) is 38.8 Å². The average molecular weight is 391 g/mol. The van der Waals surface area contributed by atoms with E-state index in [4.69, 9.17) is 0 Å². The maximum atomic E-state index is 12.8. The van der Waals surface area contributed by atoms with E-state index in [0.29, 0.717) is 23.6 Å². The number of aromatic nitrogens is 6. The Morgan fingerprint density at radius 3 is 2.66 bits per heavy atom. The van der Waals surface area contributed by atoms with Crippen molar-refractivity contribution in [3.63, 3.8) is 0 Å². The van der Waals surface area contributed by atoms with Crippen molar-refractivity contribution in [3.05, 3.63) is 74.7 Å². The normalized spacial score (nSPS) is 11.2. The summed E-state index contributed by atoms with van der Waals surface area (Å²) in [6.07, 6.45) is 0. The van der Waals surface area contributed by atoms with Crippen LogP contribution in [0.4, 0.5) is 5.69 Å². The van der Waals surface area contributed by atoms with Gasteiger partial charge in [-0.25, -0.2) is 4.98 Å². The van der Waals surface area contributed by atoms with Gasteiger partial charge in [-0.3, -0.25) is 19.4 Å². The van der Waals surface area contributed by atoms with Crippen LogP contribution in [0.25, 0.3) is 5.78 Å². The van der Waals surface area contributed by atoms with Gasteiger partial charge < -0.3 is 5.32 Å². The molecule has 0 bridgehead atoms. The molecular weight excluding hydrogens is 370 g/mol. The molecule has 29 heavy (non-hydrogen) atoms. The van der Waals surface area contributed by atoms with Crippen molar-refractivity contribution in [2.45, 2.75) is 34.2 Å². The Balaban J connectivity index is 1.62. The Labute approximate surface area is 166 Å². The maximum absolute atomic E-state index is 12.8. The fourth-order valence-electron chi connectivity index (χ4n) is 3.27. The second kappa shape index (κ2) is 7.01. The van der Waals surface area contributed by atoms with E-state index in [-0.39, 0.29) is 17.4 Å². The third-order valence-corrected chi connectivity index (χ3v) is 4.65. The molecule has 0 saturated heterocycles. The number of fused-ring (bicyclic) bond motifs is 1. The number of carbonyl (C=O) groups is 1. The molecule has 0 fully saturated rings. The van der Waals surface area contributed by atoms with E-state index >= 15 is 0 Å². The van der Waals surface area contributed by atoms with Crippen molar-refractivity contribution in [1.29, 1.82) is 0 Å². The highest BCUT2D eigenvalue weighted by molar-refractivity contribution is 6.04. The van der Waals surface area contributed by atoms with Crippen molar-refractivity contribution in [2.24, 2.45) is 0 Å². The number of H-pyrrole nitrogens is 1. The molecule has 0 spiro atoms. The molecule has 1 aromatic carbocycles. The zero-order chi connectivity index (χ0) is 20.7. The highest BCUT2D eigenvalue weighted by atomic mass is 16.2. The number of amides is 1. The summed E-state index contributed by atoms with van der Waals surface area (Å²) in [5.41, 5.74) is 3.53. The van der Waals surface area contributed by atoms with Gasteiger partial charge in [-0.05, 0) is 51.5 Å². The SMILES string of the molecule is Cc1cc(C)n(Cc2cccc(C(=O)Nc3c(C)nc4nc(C)[nH]n4c3=O)c2)n1. The molecule has 9 heteroatoms. The van der Waals surface area contributed by atoms with Gasteiger partial charge in [0, 0.05) is 11.3 Å². The summed E-state index contributed by atoms with van der Waals surface area (Å²) in [7, 11) is 0. The second-order valence-electron chi connectivity index (χ2n) is 7.06. The van der Waals surface area contributed by atoms with E-state index < -0.39 is 5.56 Å². The minimum atomic E-state index is -0.403. The van der Waals surface area contributed by atoms with Crippen molar-refractivity contribution in [2.75, 3.05) is 5.32 Å². The zero-order valence-corrected chi connectivity index (χ0v) is 16.6.